The van der Waals surface area contributed by atoms with Gasteiger partial charge in [-0.15, -0.1) is 0 Å². The Kier molecular flexibility index (Phi) is 33.4. The number of aliphatic hydroxyl groups excluding tert-OH is 4. The lowest BCUT2D eigenvalue weighted by atomic mass is 9.96. The third-order valence-electron chi connectivity index (χ3n) is 18.4. The molecule has 28 heteroatoms. The number of amides is 4. The van der Waals surface area contributed by atoms with Crippen molar-refractivity contribution in [3.8, 4) is 0 Å². The number of aliphatic carboxylic acids is 4. The molecule has 3 saturated heterocycles. The van der Waals surface area contributed by atoms with Crippen LogP contribution < -0.4 is 21.3 Å². The van der Waals surface area contributed by atoms with Gasteiger partial charge in [0.1, 0.15) is 0 Å². The molecule has 516 valence electrons. The van der Waals surface area contributed by atoms with Crippen LogP contribution in [0.5, 0.6) is 0 Å². The average Bonchev–Trinajstić information content (AvgIpc) is 1.68. The van der Waals surface area contributed by atoms with Gasteiger partial charge in [0, 0.05) is 128 Å². The lowest BCUT2D eigenvalue weighted by Crippen LogP contribution is -2.53. The summed E-state index contributed by atoms with van der Waals surface area (Å²) in [6.45, 7) is 5.73. The molecule has 5 atom stereocenters. The third-order valence-corrected chi connectivity index (χ3v) is 18.4. The first-order valence-electron chi connectivity index (χ1n) is 33.1. The van der Waals surface area contributed by atoms with Crippen molar-refractivity contribution < 1.29 is 74.4 Å². The molecule has 4 fully saturated rings. The molecule has 3 aliphatic heterocycles. The fourth-order valence-electron chi connectivity index (χ4n) is 13.1. The number of fused-ring (bicyclic) bond motifs is 1. The van der Waals surface area contributed by atoms with Crippen molar-refractivity contribution in [2.45, 2.75) is 120 Å². The number of hydrogen-bond acceptors (Lipinski definition) is 20. The molecule has 1 saturated carbocycles. The molecular weight excluding hydrogens is 1190 g/mol. The first kappa shape index (κ1) is 75.0. The topological polar surface area (TPSA) is 359 Å². The van der Waals surface area contributed by atoms with Crippen molar-refractivity contribution in [1.29, 1.82) is 0 Å². The number of unbranched alkanes of at least 4 members (excludes halogenated alkanes) is 5. The minimum absolute atomic E-state index is 0.0751. The van der Waals surface area contributed by atoms with Crippen LogP contribution >= 0.6 is 0 Å². The quantitative estimate of drug-likeness (QED) is 0.0423. The highest BCUT2D eigenvalue weighted by molar-refractivity contribution is 5.91. The van der Waals surface area contributed by atoms with Crippen LogP contribution in [0.25, 0.3) is 0 Å². The maximum absolute atomic E-state index is 13.2. The summed E-state index contributed by atoms with van der Waals surface area (Å²) in [4.78, 5) is 103. The van der Waals surface area contributed by atoms with Gasteiger partial charge in [0.2, 0.25) is 11.8 Å². The number of carboxylic acids is 4. The van der Waals surface area contributed by atoms with E-state index >= 15 is 0 Å². The van der Waals surface area contributed by atoms with Crippen molar-refractivity contribution in [3.63, 3.8) is 0 Å². The Morgan fingerprint density at radius 3 is 1.20 bits per heavy atom. The van der Waals surface area contributed by atoms with E-state index in [0.717, 1.165) is 88.5 Å². The van der Waals surface area contributed by atoms with Crippen molar-refractivity contribution >= 4 is 53.1 Å². The Bertz CT molecular complexity index is 2410. The minimum atomic E-state index is -1.02. The van der Waals surface area contributed by atoms with Gasteiger partial charge in [0.25, 0.3) is 0 Å². The number of carbonyl (C=O) groups excluding carboxylic acids is 3. The molecule has 12 N–H and O–H groups in total. The zero-order valence-electron chi connectivity index (χ0n) is 53.8. The van der Waals surface area contributed by atoms with Crippen LogP contribution in [0.2, 0.25) is 0 Å². The molecule has 2 aromatic rings. The molecule has 0 radical (unpaired) electrons. The number of carboxylic acid groups (broad SMARTS) is 4. The standard InChI is InChI=1S/C64H105N13O15/c78-45-70-25-27-72(47-80)33-35-76(43-61(88)89)54(39-74(31-29-70)41-59(84)85)37-49-12-17-52(18-13-49)65-57(82)10-3-1-6-22-69(24-8-5-9-51-16-21-56-63(51)68-64(92)67-56)23-7-2-4-11-58(83)66-53-19-14-50(15-20-53)38-55-40-75(42-60(86)87)32-30-71(46-79)26-28-73(48-81)34-36-77(55)44-62(90)91/h12-15,17-20,51,54-56,63,78-81H,1-11,16,21-48H2,(H,65,82)(H,66,83)(H,84,85)(H,86,87)(H,88,89)(H,90,91)(H2,67,68,92). The number of benzene rings is 2. The molecule has 0 aromatic heterocycles. The van der Waals surface area contributed by atoms with Crippen molar-refractivity contribution in [2.24, 2.45) is 5.92 Å². The van der Waals surface area contributed by atoms with E-state index in [9.17, 15) is 74.4 Å². The number of carbonyl (C=O) groups is 7. The second kappa shape index (κ2) is 41.0. The van der Waals surface area contributed by atoms with Crippen molar-refractivity contribution in [1.82, 2.24) is 54.7 Å². The molecule has 2 aromatic carbocycles. The van der Waals surface area contributed by atoms with Crippen molar-refractivity contribution in [2.75, 3.05) is 175 Å². The Balaban J connectivity index is 0.968. The van der Waals surface area contributed by atoms with E-state index in [2.05, 4.69) is 26.2 Å². The Hall–Kier alpha value is -5.99. The van der Waals surface area contributed by atoms with E-state index in [1.807, 2.05) is 58.3 Å². The van der Waals surface area contributed by atoms with Gasteiger partial charge in [-0.3, -0.25) is 68.0 Å². The molecule has 28 nitrogen and oxygen atoms in total. The van der Waals surface area contributed by atoms with E-state index in [0.29, 0.717) is 134 Å². The maximum Gasteiger partial charge on any atom is 0.317 e. The normalized spacial score (nSPS) is 22.1. The number of nitrogens with zero attached hydrogens (tertiary/aromatic N) is 9. The highest BCUT2D eigenvalue weighted by atomic mass is 16.4. The van der Waals surface area contributed by atoms with Crippen LogP contribution in [0.3, 0.4) is 0 Å². The third kappa shape index (κ3) is 27.9. The molecule has 3 heterocycles. The number of aliphatic hydroxyl groups is 4. The molecule has 0 bridgehead atoms. The summed E-state index contributed by atoms with van der Waals surface area (Å²) in [5.74, 6) is -3.83. The lowest BCUT2D eigenvalue weighted by molar-refractivity contribution is -0.141. The number of nitrogens with one attached hydrogen (secondary N) is 4. The summed E-state index contributed by atoms with van der Waals surface area (Å²) in [6.07, 6.45) is 11.6. The Morgan fingerprint density at radius 2 is 0.815 bits per heavy atom. The second-order valence-corrected chi connectivity index (χ2v) is 25.3. The lowest BCUT2D eigenvalue weighted by Gasteiger charge is -2.37. The fraction of sp³-hybridized carbons (Fsp3) is 0.703. The van der Waals surface area contributed by atoms with E-state index in [-0.39, 0.29) is 96.1 Å². The molecule has 6 rings (SSSR count). The summed E-state index contributed by atoms with van der Waals surface area (Å²) < 4.78 is 0. The number of urea groups is 1. The Labute approximate surface area is 541 Å². The summed E-state index contributed by atoms with van der Waals surface area (Å²) >= 11 is 0. The second-order valence-electron chi connectivity index (χ2n) is 25.3. The van der Waals surface area contributed by atoms with Crippen LogP contribution in [0.4, 0.5) is 16.2 Å². The highest BCUT2D eigenvalue weighted by Crippen LogP contribution is 2.33. The summed E-state index contributed by atoms with van der Waals surface area (Å²) in [5, 5.41) is 91.7. The van der Waals surface area contributed by atoms with Gasteiger partial charge < -0.3 is 67.0 Å². The predicted molar refractivity (Wildman–Crippen MR) is 346 cm³/mol. The van der Waals surface area contributed by atoms with Crippen molar-refractivity contribution in [3.05, 3.63) is 59.7 Å². The number of hydrogen-bond donors (Lipinski definition) is 12. The molecule has 4 aliphatic rings. The highest BCUT2D eigenvalue weighted by Gasteiger charge is 2.42. The SMILES string of the molecule is O=C(O)CN1CCN(CO)CCN(CO)CCN(CC(=O)O)C(Cc2ccc(NC(=O)CCCCCN(CCCCCC(=O)Nc3ccc(CC4CN(CC(=O)O)CCN(CO)CCN(CO)CCN4CC(=O)O)cc3)CCCCC3CCC4NC(=O)NC34)cc2)C1. The van der Waals surface area contributed by atoms with Crippen LogP contribution in [-0.4, -0.2) is 315 Å². The van der Waals surface area contributed by atoms with E-state index in [1.54, 1.807) is 29.4 Å². The molecule has 5 unspecified atom stereocenters. The van der Waals surface area contributed by atoms with Gasteiger partial charge in [0.05, 0.1) is 65.2 Å². The van der Waals surface area contributed by atoms with Gasteiger partial charge in [-0.25, -0.2) is 4.79 Å². The number of anilines is 2. The number of rotatable bonds is 35. The van der Waals surface area contributed by atoms with E-state index in [4.69, 9.17) is 0 Å². The van der Waals surface area contributed by atoms with Gasteiger partial charge in [-0.2, -0.15) is 0 Å². The van der Waals surface area contributed by atoms with Gasteiger partial charge in [0.15, 0.2) is 0 Å². The fourth-order valence-corrected chi connectivity index (χ4v) is 13.1. The van der Waals surface area contributed by atoms with E-state index < -0.39 is 36.0 Å². The van der Waals surface area contributed by atoms with Gasteiger partial charge in [-0.1, -0.05) is 43.5 Å². The van der Waals surface area contributed by atoms with Gasteiger partial charge in [-0.05, 0) is 125 Å². The Morgan fingerprint density at radius 1 is 0.446 bits per heavy atom. The van der Waals surface area contributed by atoms with Crippen LogP contribution in [-0.2, 0) is 41.6 Å². The van der Waals surface area contributed by atoms with Crippen LogP contribution in [0.1, 0.15) is 94.6 Å². The summed E-state index contributed by atoms with van der Waals surface area (Å²) in [7, 11) is 0. The molecule has 0 spiro atoms. The monoisotopic (exact) mass is 1300 g/mol. The minimum Gasteiger partial charge on any atom is -0.480 e. The molecule has 4 amide bonds. The molecule has 1 aliphatic carbocycles. The van der Waals surface area contributed by atoms with Crippen LogP contribution in [0, 0.1) is 5.92 Å². The maximum atomic E-state index is 13.2. The average molecular weight is 1300 g/mol. The van der Waals surface area contributed by atoms with Gasteiger partial charge >= 0.3 is 29.9 Å². The summed E-state index contributed by atoms with van der Waals surface area (Å²) in [5.41, 5.74) is 3.00. The zero-order valence-corrected chi connectivity index (χ0v) is 53.8. The first-order valence-corrected chi connectivity index (χ1v) is 33.1. The van der Waals surface area contributed by atoms with E-state index in [1.165, 1.54) is 0 Å². The smallest absolute Gasteiger partial charge is 0.317 e. The molecule has 92 heavy (non-hydrogen) atoms. The summed E-state index contributed by atoms with van der Waals surface area (Å²) in [6, 6.07) is 14.3. The molecular formula is C64H105N13O15. The zero-order chi connectivity index (χ0) is 66.2. The van der Waals surface area contributed by atoms with Crippen LogP contribution in [0.15, 0.2) is 48.5 Å². The predicted octanol–water partition coefficient (Wildman–Crippen LogP) is 0.720. The first-order chi connectivity index (χ1) is 44.4. The largest absolute Gasteiger partial charge is 0.480 e.